The highest BCUT2D eigenvalue weighted by Gasteiger charge is 2.28. The summed E-state index contributed by atoms with van der Waals surface area (Å²) in [6.07, 6.45) is 0.447. The number of carbonyl (C=O) groups is 2. The molecule has 2 aromatic rings. The molecule has 1 amide bonds. The zero-order chi connectivity index (χ0) is 17.9. The van der Waals surface area contributed by atoms with E-state index in [0.717, 1.165) is 0 Å². The molecule has 7 heteroatoms. The number of aromatic nitrogens is 1. The summed E-state index contributed by atoms with van der Waals surface area (Å²) in [4.78, 5) is 29.1. The number of carbonyl (C=O) groups excluding carboxylic acids is 2. The molecule has 2 atom stereocenters. The van der Waals surface area contributed by atoms with E-state index >= 15 is 0 Å². The van der Waals surface area contributed by atoms with Gasteiger partial charge in [0.05, 0.1) is 12.1 Å². The van der Waals surface area contributed by atoms with Crippen LogP contribution in [-0.2, 0) is 4.79 Å². The summed E-state index contributed by atoms with van der Waals surface area (Å²) >= 11 is 0. The number of nitrogens with zero attached hydrogens (tertiary/aromatic N) is 1. The monoisotopic (exact) mass is 347 g/mol. The summed E-state index contributed by atoms with van der Waals surface area (Å²) in [7, 11) is -1.46. The molecule has 1 heterocycles. The molecule has 0 fully saturated rings. The van der Waals surface area contributed by atoms with E-state index in [1.165, 1.54) is 0 Å². The lowest BCUT2D eigenvalue weighted by Gasteiger charge is -2.22. The van der Waals surface area contributed by atoms with E-state index in [1.807, 2.05) is 19.1 Å². The molecule has 0 unspecified atom stereocenters. The molecule has 130 valence electrons. The lowest BCUT2D eigenvalue weighted by molar-refractivity contribution is -0.122. The van der Waals surface area contributed by atoms with Gasteiger partial charge in [-0.15, -0.1) is 0 Å². The first-order valence-electron chi connectivity index (χ1n) is 8.17. The van der Waals surface area contributed by atoms with E-state index in [9.17, 15) is 9.59 Å². The lowest BCUT2D eigenvalue weighted by Crippen LogP contribution is -2.50. The minimum Gasteiger partial charge on any atom is -0.434 e. The standard InChI is InChI=1S/C17H25N3O3Si/c1-5-12(19-16(22)11(18)10-24(2,3)4)15(21)17-20-13-8-6-7-9-14(13)23-17/h6-9,11-12H,5,10,18H2,1-4H3,(H,19,22)/t11-,12+/m0/s1. The van der Waals surface area contributed by atoms with Crippen molar-refractivity contribution >= 4 is 30.9 Å². The zero-order valence-corrected chi connectivity index (χ0v) is 15.6. The molecule has 0 aliphatic carbocycles. The van der Waals surface area contributed by atoms with Crippen LogP contribution in [0.4, 0.5) is 0 Å². The van der Waals surface area contributed by atoms with E-state index in [-0.39, 0.29) is 17.6 Å². The molecule has 0 saturated carbocycles. The summed E-state index contributed by atoms with van der Waals surface area (Å²) in [5, 5.41) is 2.74. The maximum atomic E-state index is 12.6. The van der Waals surface area contributed by atoms with Gasteiger partial charge in [0.15, 0.2) is 5.58 Å². The van der Waals surface area contributed by atoms with Crippen LogP contribution in [-0.4, -0.2) is 36.8 Å². The Morgan fingerprint density at radius 3 is 2.54 bits per heavy atom. The van der Waals surface area contributed by atoms with Crippen LogP contribution in [0.3, 0.4) is 0 Å². The van der Waals surface area contributed by atoms with Gasteiger partial charge in [-0.1, -0.05) is 38.7 Å². The largest absolute Gasteiger partial charge is 0.434 e. The molecular formula is C17H25N3O3Si. The van der Waals surface area contributed by atoms with Crippen LogP contribution in [0.1, 0.15) is 24.0 Å². The molecule has 0 aliphatic heterocycles. The first-order valence-corrected chi connectivity index (χ1v) is 11.9. The molecule has 1 aromatic carbocycles. The Morgan fingerprint density at radius 1 is 1.29 bits per heavy atom. The maximum Gasteiger partial charge on any atom is 0.266 e. The number of nitrogens with two attached hydrogens (primary N) is 1. The molecule has 0 saturated heterocycles. The van der Waals surface area contributed by atoms with Crippen LogP contribution in [0.5, 0.6) is 0 Å². The van der Waals surface area contributed by atoms with Crippen LogP contribution in [0.15, 0.2) is 28.7 Å². The number of nitrogens with one attached hydrogen (secondary N) is 1. The Labute approximate surface area is 142 Å². The number of hydrogen-bond acceptors (Lipinski definition) is 5. The molecule has 3 N–H and O–H groups in total. The van der Waals surface area contributed by atoms with Gasteiger partial charge in [-0.2, -0.15) is 0 Å². The quantitative estimate of drug-likeness (QED) is 0.592. The van der Waals surface area contributed by atoms with Crippen LogP contribution in [0.25, 0.3) is 11.1 Å². The van der Waals surface area contributed by atoms with Crippen molar-refractivity contribution in [3.8, 4) is 0 Å². The van der Waals surface area contributed by atoms with Crippen molar-refractivity contribution in [1.29, 1.82) is 0 Å². The number of rotatable bonds is 7. The Kier molecular flexibility index (Phi) is 5.56. The minimum atomic E-state index is -1.46. The Morgan fingerprint density at radius 2 is 1.96 bits per heavy atom. The van der Waals surface area contributed by atoms with Crippen molar-refractivity contribution in [1.82, 2.24) is 10.3 Å². The van der Waals surface area contributed by atoms with Crippen molar-refractivity contribution in [3.63, 3.8) is 0 Å². The summed E-state index contributed by atoms with van der Waals surface area (Å²) in [6.45, 7) is 8.29. The zero-order valence-electron chi connectivity index (χ0n) is 14.6. The first kappa shape index (κ1) is 18.3. The molecule has 1 aromatic heterocycles. The van der Waals surface area contributed by atoms with Crippen LogP contribution >= 0.6 is 0 Å². The molecule has 2 rings (SSSR count). The van der Waals surface area contributed by atoms with Crippen LogP contribution in [0, 0.1) is 0 Å². The molecule has 6 nitrogen and oxygen atoms in total. The topological polar surface area (TPSA) is 98.2 Å². The number of Topliss-reactive ketones (excluding diaryl/α,β-unsaturated/α-hetero) is 1. The van der Waals surface area contributed by atoms with Gasteiger partial charge in [-0.25, -0.2) is 4.98 Å². The van der Waals surface area contributed by atoms with E-state index < -0.39 is 20.2 Å². The summed E-state index contributed by atoms with van der Waals surface area (Å²) in [6, 6.07) is 6.57. The van der Waals surface area contributed by atoms with Crippen molar-refractivity contribution in [2.75, 3.05) is 0 Å². The molecule has 0 bridgehead atoms. The minimum absolute atomic E-state index is 0.0158. The molecule has 0 spiro atoms. The average molecular weight is 347 g/mol. The van der Waals surface area contributed by atoms with Gasteiger partial charge in [-0.3, -0.25) is 9.59 Å². The van der Waals surface area contributed by atoms with Crippen molar-refractivity contribution in [2.45, 2.75) is 51.1 Å². The number of para-hydroxylation sites is 2. The van der Waals surface area contributed by atoms with E-state index in [0.29, 0.717) is 23.6 Å². The van der Waals surface area contributed by atoms with Crippen molar-refractivity contribution < 1.29 is 14.0 Å². The normalized spacial score (nSPS) is 14.4. The highest BCUT2D eigenvalue weighted by Crippen LogP contribution is 2.17. The number of oxazole rings is 1. The van der Waals surface area contributed by atoms with Gasteiger partial charge in [0.2, 0.25) is 11.7 Å². The number of fused-ring (bicyclic) bond motifs is 1. The molecule has 24 heavy (non-hydrogen) atoms. The van der Waals surface area contributed by atoms with Crippen LogP contribution < -0.4 is 11.1 Å². The number of benzene rings is 1. The van der Waals surface area contributed by atoms with E-state index in [2.05, 4.69) is 29.9 Å². The molecule has 0 aliphatic rings. The number of ketones is 1. The van der Waals surface area contributed by atoms with Gasteiger partial charge in [0.1, 0.15) is 5.52 Å². The van der Waals surface area contributed by atoms with Gasteiger partial charge >= 0.3 is 0 Å². The third-order valence-corrected chi connectivity index (χ3v) is 5.38. The van der Waals surface area contributed by atoms with Gasteiger partial charge in [0, 0.05) is 8.07 Å². The Bertz CT molecular complexity index is 703. The fourth-order valence-electron chi connectivity index (χ4n) is 2.51. The predicted octanol–water partition coefficient (Wildman–Crippen LogP) is 2.57. The fourth-order valence-corrected chi connectivity index (χ4v) is 4.02. The smallest absolute Gasteiger partial charge is 0.266 e. The first-order chi connectivity index (χ1) is 11.2. The summed E-state index contributed by atoms with van der Waals surface area (Å²) in [5.41, 5.74) is 7.15. The number of hydrogen-bond donors (Lipinski definition) is 2. The molecular weight excluding hydrogens is 322 g/mol. The Balaban J connectivity index is 2.09. The summed E-state index contributed by atoms with van der Waals surface area (Å²) < 4.78 is 5.50. The summed E-state index contributed by atoms with van der Waals surface area (Å²) in [5.74, 6) is -0.613. The van der Waals surface area contributed by atoms with Crippen molar-refractivity contribution in [2.24, 2.45) is 5.73 Å². The third kappa shape index (κ3) is 4.52. The second-order valence-electron chi connectivity index (χ2n) is 7.19. The van der Waals surface area contributed by atoms with Crippen LogP contribution in [0.2, 0.25) is 25.7 Å². The van der Waals surface area contributed by atoms with E-state index in [1.54, 1.807) is 12.1 Å². The second kappa shape index (κ2) is 7.27. The predicted molar refractivity (Wildman–Crippen MR) is 96.7 cm³/mol. The second-order valence-corrected chi connectivity index (χ2v) is 12.7. The van der Waals surface area contributed by atoms with E-state index in [4.69, 9.17) is 10.2 Å². The SMILES string of the molecule is CC[C@@H](NC(=O)[C@@H](N)C[Si](C)(C)C)C(=O)c1nc2ccccc2o1. The van der Waals surface area contributed by atoms with Crippen molar-refractivity contribution in [3.05, 3.63) is 30.2 Å². The van der Waals surface area contributed by atoms with Gasteiger partial charge in [-0.05, 0) is 24.6 Å². The van der Waals surface area contributed by atoms with Gasteiger partial charge in [0.25, 0.3) is 5.89 Å². The Hall–Kier alpha value is -1.99. The maximum absolute atomic E-state index is 12.6. The highest BCUT2D eigenvalue weighted by molar-refractivity contribution is 6.76. The highest BCUT2D eigenvalue weighted by atomic mass is 28.3. The van der Waals surface area contributed by atoms with Gasteiger partial charge < -0.3 is 15.5 Å². The average Bonchev–Trinajstić information content (AvgIpc) is 2.94. The fraction of sp³-hybridized carbons (Fsp3) is 0.471. The lowest BCUT2D eigenvalue weighted by atomic mass is 10.1. The molecule has 0 radical (unpaired) electrons. The number of amides is 1. The third-order valence-electron chi connectivity index (χ3n) is 3.71.